The van der Waals surface area contributed by atoms with Crippen molar-refractivity contribution in [3.63, 3.8) is 0 Å². The van der Waals surface area contributed by atoms with E-state index in [0.717, 1.165) is 12.8 Å². The molecule has 0 aliphatic heterocycles. The smallest absolute Gasteiger partial charge is 0.229 e. The zero-order chi connectivity index (χ0) is 12.3. The molecule has 1 fully saturated rings. The highest BCUT2D eigenvalue weighted by atomic mass is 32.1. The van der Waals surface area contributed by atoms with Crippen LogP contribution in [0.15, 0.2) is 5.51 Å². The van der Waals surface area contributed by atoms with Gasteiger partial charge in [-0.05, 0) is 12.8 Å². The first-order valence-corrected chi connectivity index (χ1v) is 6.34. The number of amides is 1. The largest absolute Gasteiger partial charge is 0.550 e. The molecule has 7 heteroatoms. The first-order chi connectivity index (χ1) is 8.18. The summed E-state index contributed by atoms with van der Waals surface area (Å²) in [6, 6.07) is 0. The van der Waals surface area contributed by atoms with Gasteiger partial charge in [-0.2, -0.15) is 0 Å². The summed E-state index contributed by atoms with van der Waals surface area (Å²) >= 11 is 1.21. The molecule has 1 aromatic heterocycles. The first-order valence-electron chi connectivity index (χ1n) is 5.46. The van der Waals surface area contributed by atoms with Gasteiger partial charge in [0.2, 0.25) is 11.0 Å². The molecule has 0 spiro atoms. The van der Waals surface area contributed by atoms with E-state index in [4.69, 9.17) is 0 Å². The minimum absolute atomic E-state index is 0.296. The van der Waals surface area contributed by atoms with Gasteiger partial charge in [0.05, 0.1) is 0 Å². The van der Waals surface area contributed by atoms with Gasteiger partial charge in [0.1, 0.15) is 5.51 Å². The molecule has 6 nitrogen and oxygen atoms in total. The molecule has 0 saturated heterocycles. The summed E-state index contributed by atoms with van der Waals surface area (Å²) < 4.78 is 0. The van der Waals surface area contributed by atoms with Crippen LogP contribution in [0.1, 0.15) is 25.7 Å². The molecule has 0 radical (unpaired) electrons. The molecule has 1 aliphatic rings. The summed E-state index contributed by atoms with van der Waals surface area (Å²) in [5.41, 5.74) is 1.51. The van der Waals surface area contributed by atoms with Gasteiger partial charge in [-0.15, -0.1) is 10.2 Å². The summed E-state index contributed by atoms with van der Waals surface area (Å²) in [6.45, 7) is 0. The summed E-state index contributed by atoms with van der Waals surface area (Å²) in [5, 5.41) is 21.2. The molecule has 1 heterocycles. The number of carbonyl (C=O) groups is 2. The zero-order valence-electron chi connectivity index (χ0n) is 9.09. The Morgan fingerprint density at radius 3 is 2.65 bits per heavy atom. The number of aliphatic carboxylic acids is 1. The Labute approximate surface area is 102 Å². The van der Waals surface area contributed by atoms with E-state index in [1.807, 2.05) is 0 Å². The van der Waals surface area contributed by atoms with Crippen LogP contribution in [0.2, 0.25) is 0 Å². The van der Waals surface area contributed by atoms with Crippen molar-refractivity contribution >= 4 is 28.3 Å². The van der Waals surface area contributed by atoms with Gasteiger partial charge in [0.25, 0.3) is 0 Å². The van der Waals surface area contributed by atoms with Crippen LogP contribution >= 0.6 is 11.3 Å². The maximum absolute atomic E-state index is 11.9. The normalized spacial score (nSPS) is 24.2. The number of nitrogens with one attached hydrogen (secondary N) is 1. The van der Waals surface area contributed by atoms with E-state index in [1.165, 1.54) is 16.8 Å². The highest BCUT2D eigenvalue weighted by molar-refractivity contribution is 7.13. The fourth-order valence-corrected chi connectivity index (χ4v) is 2.60. The lowest BCUT2D eigenvalue weighted by molar-refractivity contribution is -0.313. The molecule has 92 valence electrons. The van der Waals surface area contributed by atoms with E-state index >= 15 is 0 Å². The van der Waals surface area contributed by atoms with Gasteiger partial charge in [-0.3, -0.25) is 4.79 Å². The van der Waals surface area contributed by atoms with E-state index in [9.17, 15) is 14.7 Å². The molecular weight excluding hydrogens is 242 g/mol. The number of carboxylic acid groups (broad SMARTS) is 1. The summed E-state index contributed by atoms with van der Waals surface area (Å²) in [7, 11) is 0. The second-order valence-electron chi connectivity index (χ2n) is 4.05. The molecule has 2 atom stereocenters. The van der Waals surface area contributed by atoms with E-state index < -0.39 is 17.8 Å². The van der Waals surface area contributed by atoms with Crippen molar-refractivity contribution in [2.24, 2.45) is 11.8 Å². The third-order valence-electron chi connectivity index (χ3n) is 3.00. The quantitative estimate of drug-likeness (QED) is 0.821. The number of hydrogen-bond acceptors (Lipinski definition) is 6. The predicted octanol–water partition coefficient (Wildman–Crippen LogP) is 0.0329. The molecule has 1 aliphatic carbocycles. The van der Waals surface area contributed by atoms with E-state index in [1.54, 1.807) is 0 Å². The van der Waals surface area contributed by atoms with Crippen LogP contribution in [0.5, 0.6) is 0 Å². The first kappa shape index (κ1) is 12.0. The van der Waals surface area contributed by atoms with Crippen molar-refractivity contribution in [2.75, 3.05) is 5.32 Å². The van der Waals surface area contributed by atoms with Gasteiger partial charge >= 0.3 is 0 Å². The van der Waals surface area contributed by atoms with Crippen molar-refractivity contribution in [3.05, 3.63) is 5.51 Å². The number of nitrogens with zero attached hydrogens (tertiary/aromatic N) is 2. The van der Waals surface area contributed by atoms with E-state index in [2.05, 4.69) is 15.5 Å². The third-order valence-corrected chi connectivity index (χ3v) is 3.60. The second-order valence-corrected chi connectivity index (χ2v) is 4.88. The topological polar surface area (TPSA) is 95.0 Å². The highest BCUT2D eigenvalue weighted by Crippen LogP contribution is 2.30. The Hall–Kier alpha value is -1.50. The Morgan fingerprint density at radius 1 is 1.35 bits per heavy atom. The molecule has 0 bridgehead atoms. The fraction of sp³-hybridized carbons (Fsp3) is 0.600. The minimum atomic E-state index is -1.14. The number of hydrogen-bond donors (Lipinski definition) is 1. The molecule has 1 aromatic rings. The number of anilines is 1. The Balaban J connectivity index is 2.03. The highest BCUT2D eigenvalue weighted by Gasteiger charge is 2.32. The Morgan fingerprint density at radius 2 is 2.06 bits per heavy atom. The standard InChI is InChI=1S/C10H13N3O3S/c14-8(12-10-13-11-5-17-10)6-3-1-2-4-7(6)9(15)16/h5-7H,1-4H2,(H,15,16)(H,12,13,14)/p-1/t6-,7+/m1/s1. The third kappa shape index (κ3) is 2.79. The van der Waals surface area contributed by atoms with Gasteiger partial charge in [-0.25, -0.2) is 0 Å². The maximum Gasteiger partial charge on any atom is 0.229 e. The maximum atomic E-state index is 11.9. The SMILES string of the molecule is O=C([O-])[C@H]1CCCC[C@H]1C(=O)Nc1nncs1. The summed E-state index contributed by atoms with van der Waals surface area (Å²) in [4.78, 5) is 22.9. The molecule has 1 saturated carbocycles. The molecule has 0 unspecified atom stereocenters. The van der Waals surface area contributed by atoms with Crippen molar-refractivity contribution in [1.82, 2.24) is 10.2 Å². The molecular formula is C10H12N3O3S-. The lowest BCUT2D eigenvalue weighted by Crippen LogP contribution is -2.42. The van der Waals surface area contributed by atoms with Crippen molar-refractivity contribution in [1.29, 1.82) is 0 Å². The van der Waals surface area contributed by atoms with Crippen molar-refractivity contribution < 1.29 is 14.7 Å². The van der Waals surface area contributed by atoms with Crippen LogP contribution < -0.4 is 10.4 Å². The summed E-state index contributed by atoms with van der Waals surface area (Å²) in [5.74, 6) is -2.63. The zero-order valence-corrected chi connectivity index (χ0v) is 9.90. The van der Waals surface area contributed by atoms with Gasteiger partial charge < -0.3 is 15.2 Å². The minimum Gasteiger partial charge on any atom is -0.550 e. The molecule has 2 rings (SSSR count). The Bertz CT molecular complexity index is 407. The van der Waals surface area contributed by atoms with Crippen LogP contribution in [-0.2, 0) is 9.59 Å². The second kappa shape index (κ2) is 5.22. The number of rotatable bonds is 3. The van der Waals surface area contributed by atoms with E-state index in [0.29, 0.717) is 18.0 Å². The average Bonchev–Trinajstić information content (AvgIpc) is 2.81. The molecule has 17 heavy (non-hydrogen) atoms. The van der Waals surface area contributed by atoms with Crippen molar-refractivity contribution in [2.45, 2.75) is 25.7 Å². The van der Waals surface area contributed by atoms with Crippen LogP contribution in [0, 0.1) is 11.8 Å². The average molecular weight is 254 g/mol. The van der Waals surface area contributed by atoms with Gasteiger partial charge in [0, 0.05) is 17.8 Å². The van der Waals surface area contributed by atoms with Crippen LogP contribution in [0.25, 0.3) is 0 Å². The lowest BCUT2D eigenvalue weighted by atomic mass is 9.79. The van der Waals surface area contributed by atoms with Crippen LogP contribution in [0.3, 0.4) is 0 Å². The van der Waals surface area contributed by atoms with E-state index in [-0.39, 0.29) is 5.91 Å². The lowest BCUT2D eigenvalue weighted by Gasteiger charge is -2.30. The summed E-state index contributed by atoms with van der Waals surface area (Å²) in [6.07, 6.45) is 2.80. The number of carboxylic acids is 1. The molecule has 1 N–H and O–H groups in total. The predicted molar refractivity (Wildman–Crippen MR) is 59.0 cm³/mol. The number of aromatic nitrogens is 2. The van der Waals surface area contributed by atoms with Crippen molar-refractivity contribution in [3.8, 4) is 0 Å². The molecule has 0 aromatic carbocycles. The number of carbonyl (C=O) groups excluding carboxylic acids is 2. The van der Waals surface area contributed by atoms with Crippen LogP contribution in [0.4, 0.5) is 5.13 Å². The fourth-order valence-electron chi connectivity index (χ4n) is 2.15. The van der Waals surface area contributed by atoms with Gasteiger partial charge in [0.15, 0.2) is 0 Å². The monoisotopic (exact) mass is 254 g/mol. The van der Waals surface area contributed by atoms with Crippen LogP contribution in [-0.4, -0.2) is 22.1 Å². The Kier molecular flexibility index (Phi) is 3.68. The van der Waals surface area contributed by atoms with Gasteiger partial charge in [-0.1, -0.05) is 24.2 Å². The molecule has 1 amide bonds.